The van der Waals surface area contributed by atoms with Gasteiger partial charge in [-0.3, -0.25) is 0 Å². The van der Waals surface area contributed by atoms with Gasteiger partial charge in [-0.15, -0.1) is 11.8 Å². The smallest absolute Gasteiger partial charge is 0.0233 e. The third-order valence-electron chi connectivity index (χ3n) is 2.63. The fourth-order valence-electron chi connectivity index (χ4n) is 1.92. The van der Waals surface area contributed by atoms with Crippen molar-refractivity contribution in [2.24, 2.45) is 5.92 Å². The lowest BCUT2D eigenvalue weighted by Gasteiger charge is -2.15. The van der Waals surface area contributed by atoms with Crippen LogP contribution in [0, 0.1) is 17.8 Å². The molecule has 2 heteroatoms. The van der Waals surface area contributed by atoms with E-state index in [0.29, 0.717) is 6.04 Å². The molecule has 1 heterocycles. The van der Waals surface area contributed by atoms with E-state index in [9.17, 15) is 0 Å². The molecule has 1 aliphatic rings. The molecule has 0 aromatic heterocycles. The van der Waals surface area contributed by atoms with E-state index >= 15 is 0 Å². The van der Waals surface area contributed by atoms with E-state index in [-0.39, 0.29) is 0 Å². The molecule has 0 spiro atoms. The topological polar surface area (TPSA) is 15.3 Å². The lowest BCUT2D eigenvalue weighted by atomic mass is 10.1. The number of hydrogen-bond acceptors (Lipinski definition) is 2. The summed E-state index contributed by atoms with van der Waals surface area (Å²) in [5.74, 6) is 6.76. The summed E-state index contributed by atoms with van der Waals surface area (Å²) in [6.07, 6.45) is 0.976. The Morgan fingerprint density at radius 3 is 2.77 bits per heavy atom. The minimum absolute atomic E-state index is 0.670. The van der Waals surface area contributed by atoms with Gasteiger partial charge < -0.3 is 10.2 Å². The highest BCUT2D eigenvalue weighted by Gasteiger charge is 2.25. The van der Waals surface area contributed by atoms with Crippen molar-refractivity contribution in [1.29, 1.82) is 0 Å². The lowest BCUT2D eigenvalue weighted by Crippen LogP contribution is -2.35. The molecule has 0 amide bonds. The second kappa shape index (κ2) is 5.26. The molecular weight excluding hydrogens is 160 g/mol. The summed E-state index contributed by atoms with van der Waals surface area (Å²) in [5.41, 5.74) is 0. The van der Waals surface area contributed by atoms with Crippen LogP contribution in [0.5, 0.6) is 0 Å². The quantitative estimate of drug-likeness (QED) is 0.513. The molecule has 2 unspecified atom stereocenters. The summed E-state index contributed by atoms with van der Waals surface area (Å²) in [5, 5.41) is 3.55. The fraction of sp³-hybridized carbons (Fsp3) is 0.818. The van der Waals surface area contributed by atoms with Crippen molar-refractivity contribution in [3.05, 3.63) is 0 Å². The van der Waals surface area contributed by atoms with E-state index in [1.807, 2.05) is 6.92 Å². The molecule has 0 radical (unpaired) electrons. The molecule has 1 rings (SSSR count). The van der Waals surface area contributed by atoms with Crippen molar-refractivity contribution < 1.29 is 0 Å². The number of likely N-dealkylation sites (tertiary alicyclic amines) is 1. The SMILES string of the molecule is CC#CCCNC1CN(C)CC1C. The van der Waals surface area contributed by atoms with Crippen LogP contribution in [0.2, 0.25) is 0 Å². The largest absolute Gasteiger partial charge is 0.311 e. The number of hydrogen-bond donors (Lipinski definition) is 1. The van der Waals surface area contributed by atoms with Crippen LogP contribution in [0.25, 0.3) is 0 Å². The standard InChI is InChI=1S/C11H20N2/c1-4-5-6-7-12-11-9-13(3)8-10(11)2/h10-12H,6-9H2,1-3H3. The van der Waals surface area contributed by atoms with Crippen LogP contribution in [0.1, 0.15) is 20.3 Å². The van der Waals surface area contributed by atoms with Gasteiger partial charge in [0.1, 0.15) is 0 Å². The summed E-state index contributed by atoms with van der Waals surface area (Å²) >= 11 is 0. The first-order valence-corrected chi connectivity index (χ1v) is 5.05. The van der Waals surface area contributed by atoms with Gasteiger partial charge in [-0.2, -0.15) is 0 Å². The molecule has 2 atom stereocenters. The molecule has 0 aromatic rings. The van der Waals surface area contributed by atoms with Crippen molar-refractivity contribution >= 4 is 0 Å². The first-order chi connectivity index (χ1) is 6.24. The molecule has 1 saturated heterocycles. The van der Waals surface area contributed by atoms with Crippen LogP contribution >= 0.6 is 0 Å². The second-order valence-electron chi connectivity index (χ2n) is 3.94. The van der Waals surface area contributed by atoms with Crippen LogP contribution in [-0.2, 0) is 0 Å². The fourth-order valence-corrected chi connectivity index (χ4v) is 1.92. The van der Waals surface area contributed by atoms with Crippen LogP contribution in [-0.4, -0.2) is 37.6 Å². The Kier molecular flexibility index (Phi) is 4.27. The number of nitrogens with one attached hydrogen (secondary N) is 1. The van der Waals surface area contributed by atoms with Crippen molar-refractivity contribution in [2.75, 3.05) is 26.7 Å². The Labute approximate surface area is 81.7 Å². The van der Waals surface area contributed by atoms with E-state index in [1.165, 1.54) is 13.1 Å². The highest BCUT2D eigenvalue weighted by molar-refractivity contribution is 4.96. The summed E-state index contributed by atoms with van der Waals surface area (Å²) in [6.45, 7) is 7.64. The van der Waals surface area contributed by atoms with Crippen LogP contribution in [0.15, 0.2) is 0 Å². The first-order valence-electron chi connectivity index (χ1n) is 5.05. The van der Waals surface area contributed by atoms with Crippen LogP contribution in [0.3, 0.4) is 0 Å². The zero-order valence-corrected chi connectivity index (χ0v) is 8.93. The summed E-state index contributed by atoms with van der Waals surface area (Å²) in [4.78, 5) is 2.38. The van der Waals surface area contributed by atoms with Gasteiger partial charge in [-0.25, -0.2) is 0 Å². The molecule has 0 aliphatic carbocycles. The van der Waals surface area contributed by atoms with Gasteiger partial charge in [0.2, 0.25) is 0 Å². The van der Waals surface area contributed by atoms with E-state index in [1.54, 1.807) is 0 Å². The van der Waals surface area contributed by atoms with E-state index in [4.69, 9.17) is 0 Å². The van der Waals surface area contributed by atoms with Crippen LogP contribution < -0.4 is 5.32 Å². The first kappa shape index (κ1) is 10.6. The minimum atomic E-state index is 0.670. The molecule has 0 saturated carbocycles. The van der Waals surface area contributed by atoms with E-state index < -0.39 is 0 Å². The third-order valence-corrected chi connectivity index (χ3v) is 2.63. The van der Waals surface area contributed by atoms with Gasteiger partial charge in [-0.1, -0.05) is 6.92 Å². The molecule has 2 nitrogen and oxygen atoms in total. The summed E-state index contributed by atoms with van der Waals surface area (Å²) in [6, 6.07) is 0.670. The maximum atomic E-state index is 3.55. The number of nitrogens with zero attached hydrogens (tertiary/aromatic N) is 1. The summed E-state index contributed by atoms with van der Waals surface area (Å²) < 4.78 is 0. The van der Waals surface area contributed by atoms with Gasteiger partial charge in [0.25, 0.3) is 0 Å². The average Bonchev–Trinajstić information content (AvgIpc) is 2.39. The molecule has 0 bridgehead atoms. The van der Waals surface area contributed by atoms with Gasteiger partial charge in [-0.05, 0) is 19.9 Å². The molecule has 1 N–H and O–H groups in total. The lowest BCUT2D eigenvalue weighted by molar-refractivity contribution is 0.397. The maximum Gasteiger partial charge on any atom is 0.0233 e. The average molecular weight is 180 g/mol. The highest BCUT2D eigenvalue weighted by atomic mass is 15.2. The van der Waals surface area contributed by atoms with Gasteiger partial charge in [0, 0.05) is 32.1 Å². The predicted octanol–water partition coefficient (Wildman–Crippen LogP) is 0.940. The Hall–Kier alpha value is -0.520. The normalized spacial score (nSPS) is 28.5. The minimum Gasteiger partial charge on any atom is -0.311 e. The van der Waals surface area contributed by atoms with Crippen molar-refractivity contribution in [3.63, 3.8) is 0 Å². The molecular formula is C11H20N2. The van der Waals surface area contributed by atoms with Gasteiger partial charge >= 0.3 is 0 Å². The molecule has 74 valence electrons. The van der Waals surface area contributed by atoms with Gasteiger partial charge in [0.05, 0.1) is 0 Å². The van der Waals surface area contributed by atoms with Crippen LogP contribution in [0.4, 0.5) is 0 Å². The Bertz CT molecular complexity index is 202. The van der Waals surface area contributed by atoms with Crippen molar-refractivity contribution in [1.82, 2.24) is 10.2 Å². The second-order valence-corrected chi connectivity index (χ2v) is 3.94. The zero-order chi connectivity index (χ0) is 9.68. The Balaban J connectivity index is 2.16. The van der Waals surface area contributed by atoms with Crippen molar-refractivity contribution in [2.45, 2.75) is 26.3 Å². The molecule has 13 heavy (non-hydrogen) atoms. The number of rotatable bonds is 3. The maximum absolute atomic E-state index is 3.55. The molecule has 0 aromatic carbocycles. The summed E-state index contributed by atoms with van der Waals surface area (Å²) in [7, 11) is 2.18. The predicted molar refractivity (Wildman–Crippen MR) is 56.5 cm³/mol. The Morgan fingerprint density at radius 2 is 2.23 bits per heavy atom. The monoisotopic (exact) mass is 180 g/mol. The highest BCUT2D eigenvalue weighted by Crippen LogP contribution is 2.13. The van der Waals surface area contributed by atoms with Crippen molar-refractivity contribution in [3.8, 4) is 11.8 Å². The zero-order valence-electron chi connectivity index (χ0n) is 8.93. The van der Waals surface area contributed by atoms with Gasteiger partial charge in [0.15, 0.2) is 0 Å². The third kappa shape index (κ3) is 3.38. The molecule has 1 aliphatic heterocycles. The molecule has 1 fully saturated rings. The van der Waals surface area contributed by atoms with E-state index in [0.717, 1.165) is 18.9 Å². The van der Waals surface area contributed by atoms with E-state index in [2.05, 4.69) is 36.0 Å². The Morgan fingerprint density at radius 1 is 1.46 bits per heavy atom. The number of likely N-dealkylation sites (N-methyl/N-ethyl adjacent to an activating group) is 1.